The molecule has 9 heavy (non-hydrogen) atoms. The first-order valence-electron chi connectivity index (χ1n) is 2.25. The molecule has 3 heteroatoms. The Morgan fingerprint density at radius 2 is 2.22 bits per heavy atom. The maximum Gasteiger partial charge on any atom is 0 e. The van der Waals surface area contributed by atoms with E-state index in [2.05, 4.69) is 11.2 Å². The summed E-state index contributed by atoms with van der Waals surface area (Å²) in [4.78, 5) is 0. The zero-order valence-corrected chi connectivity index (χ0v) is 7.62. The third-order valence-electron chi connectivity index (χ3n) is 0.800. The third kappa shape index (κ3) is 2.82. The molecule has 43 valence electrons. The molecule has 0 N–H and O–H groups in total. The van der Waals surface area contributed by atoms with Gasteiger partial charge in [-0.3, -0.25) is 0 Å². The van der Waals surface area contributed by atoms with Crippen LogP contribution in [0.5, 0.6) is 0 Å². The van der Waals surface area contributed by atoms with Crippen molar-refractivity contribution in [2.24, 2.45) is 5.11 Å². The monoisotopic (exact) mass is 193 g/mol. The average Bonchev–Trinajstić information content (AvgIpc) is 1.90. The summed E-state index contributed by atoms with van der Waals surface area (Å²) in [5.74, 6) is 0. The molecule has 0 spiro atoms. The molecule has 0 fully saturated rings. The Kier molecular flexibility index (Phi) is 4.73. The van der Waals surface area contributed by atoms with E-state index in [0.29, 0.717) is 5.69 Å². The Labute approximate surface area is 79.1 Å². The summed E-state index contributed by atoms with van der Waals surface area (Å²) in [5, 5.41) is 2.92. The van der Waals surface area contributed by atoms with E-state index in [1.165, 1.54) is 0 Å². The first kappa shape index (κ1) is 8.92. The number of hydrogen-bond donors (Lipinski definition) is 0. The first-order valence-corrected chi connectivity index (χ1v) is 2.25. The van der Waals surface area contributed by atoms with Crippen molar-refractivity contribution in [2.75, 3.05) is 0 Å². The van der Waals surface area contributed by atoms with Crippen LogP contribution < -0.4 is 0 Å². The number of hydrogen-bond acceptors (Lipinski definition) is 1. The molecule has 0 aliphatic carbocycles. The molecule has 0 aliphatic heterocycles. The third-order valence-corrected chi connectivity index (χ3v) is 0.800. The van der Waals surface area contributed by atoms with Crippen LogP contribution in [0, 0.1) is 6.07 Å². The molecule has 0 unspecified atom stereocenters. The SMILES string of the molecule is [N-]=Nc1[c-]cccc1.[Y]. The van der Waals surface area contributed by atoms with Crippen LogP contribution in [0.15, 0.2) is 29.4 Å². The molecular weight excluding hydrogens is 189 g/mol. The van der Waals surface area contributed by atoms with Crippen molar-refractivity contribution in [3.63, 3.8) is 0 Å². The molecule has 1 aromatic rings. The van der Waals surface area contributed by atoms with Crippen molar-refractivity contribution in [3.8, 4) is 0 Å². The zero-order chi connectivity index (χ0) is 5.82. The van der Waals surface area contributed by atoms with Gasteiger partial charge < -0.3 is 10.6 Å². The van der Waals surface area contributed by atoms with E-state index >= 15 is 0 Å². The Morgan fingerprint density at radius 3 is 2.56 bits per heavy atom. The molecule has 0 amide bonds. The molecule has 0 heterocycles. The van der Waals surface area contributed by atoms with Gasteiger partial charge in [-0.25, -0.2) is 0 Å². The summed E-state index contributed by atoms with van der Waals surface area (Å²) in [7, 11) is 0. The van der Waals surface area contributed by atoms with Crippen molar-refractivity contribution in [3.05, 3.63) is 35.9 Å². The minimum absolute atomic E-state index is 0. The van der Waals surface area contributed by atoms with E-state index in [1.807, 2.05) is 6.07 Å². The minimum atomic E-state index is 0. The van der Waals surface area contributed by atoms with Gasteiger partial charge in [0.1, 0.15) is 0 Å². The summed E-state index contributed by atoms with van der Waals surface area (Å²) in [5.41, 5.74) is 8.60. The summed E-state index contributed by atoms with van der Waals surface area (Å²) in [6.07, 6.45) is 0. The van der Waals surface area contributed by atoms with Gasteiger partial charge in [0.25, 0.3) is 0 Å². The first-order chi connectivity index (χ1) is 3.93. The van der Waals surface area contributed by atoms with Crippen molar-refractivity contribution in [2.45, 2.75) is 0 Å². The molecular formula is C6H4N2Y-2. The van der Waals surface area contributed by atoms with Crippen LogP contribution in [0.3, 0.4) is 0 Å². The maximum atomic E-state index is 8.13. The van der Waals surface area contributed by atoms with E-state index in [9.17, 15) is 0 Å². The Hall–Kier alpha value is -0.0761. The predicted molar refractivity (Wildman–Crippen MR) is 30.7 cm³/mol. The van der Waals surface area contributed by atoms with E-state index in [4.69, 9.17) is 5.53 Å². The van der Waals surface area contributed by atoms with Gasteiger partial charge in [-0.05, 0) is 0 Å². The summed E-state index contributed by atoms with van der Waals surface area (Å²) < 4.78 is 0. The van der Waals surface area contributed by atoms with Gasteiger partial charge in [-0.15, -0.1) is 6.07 Å². The quantitative estimate of drug-likeness (QED) is 0.483. The summed E-state index contributed by atoms with van der Waals surface area (Å²) in [6, 6.07) is 9.66. The second-order valence-corrected chi connectivity index (χ2v) is 1.35. The average molecular weight is 193 g/mol. The fourth-order valence-corrected chi connectivity index (χ4v) is 0.446. The molecule has 1 radical (unpaired) electrons. The predicted octanol–water partition coefficient (Wildman–Crippen LogP) is 2.14. The van der Waals surface area contributed by atoms with Crippen LogP contribution >= 0.6 is 0 Å². The molecule has 0 bridgehead atoms. The van der Waals surface area contributed by atoms with Crippen LogP contribution in [-0.2, 0) is 32.7 Å². The van der Waals surface area contributed by atoms with E-state index in [0.717, 1.165) is 0 Å². The van der Waals surface area contributed by atoms with E-state index in [1.54, 1.807) is 18.2 Å². The smallest absolute Gasteiger partial charge is 0 e. The molecule has 0 saturated carbocycles. The largest absolute Gasteiger partial charge is 0.708 e. The van der Waals surface area contributed by atoms with Gasteiger partial charge in [0.05, 0.1) is 0 Å². The van der Waals surface area contributed by atoms with Crippen LogP contribution in [-0.4, -0.2) is 0 Å². The second kappa shape index (κ2) is 4.77. The Morgan fingerprint density at radius 1 is 1.44 bits per heavy atom. The summed E-state index contributed by atoms with van der Waals surface area (Å²) >= 11 is 0. The fourth-order valence-electron chi connectivity index (χ4n) is 0.446. The topological polar surface area (TPSA) is 34.7 Å². The van der Waals surface area contributed by atoms with Crippen LogP contribution in [0.25, 0.3) is 5.53 Å². The van der Waals surface area contributed by atoms with Crippen LogP contribution in [0.2, 0.25) is 0 Å². The molecule has 0 aromatic heterocycles. The fraction of sp³-hybridized carbons (Fsp3) is 0. The van der Waals surface area contributed by atoms with Crippen molar-refractivity contribution < 1.29 is 32.7 Å². The number of benzene rings is 1. The van der Waals surface area contributed by atoms with Crippen LogP contribution in [0.1, 0.15) is 0 Å². The van der Waals surface area contributed by atoms with Crippen molar-refractivity contribution in [1.82, 2.24) is 0 Å². The van der Waals surface area contributed by atoms with Gasteiger partial charge in [-0.2, -0.15) is 24.3 Å². The minimum Gasteiger partial charge on any atom is -0.708 e. The number of rotatable bonds is 1. The van der Waals surface area contributed by atoms with Gasteiger partial charge in [-0.1, -0.05) is 5.69 Å². The van der Waals surface area contributed by atoms with Gasteiger partial charge >= 0.3 is 0 Å². The zero-order valence-electron chi connectivity index (χ0n) is 4.78. The molecule has 1 rings (SSSR count). The summed E-state index contributed by atoms with van der Waals surface area (Å²) in [6.45, 7) is 0. The second-order valence-electron chi connectivity index (χ2n) is 1.35. The van der Waals surface area contributed by atoms with E-state index < -0.39 is 0 Å². The number of nitrogens with zero attached hydrogens (tertiary/aromatic N) is 2. The molecule has 0 atom stereocenters. The van der Waals surface area contributed by atoms with Gasteiger partial charge in [0.15, 0.2) is 0 Å². The van der Waals surface area contributed by atoms with Gasteiger partial charge in [0.2, 0.25) is 0 Å². The molecule has 0 aliphatic rings. The normalized spacial score (nSPS) is 7.56. The Balaban J connectivity index is 0.000000640. The van der Waals surface area contributed by atoms with Crippen molar-refractivity contribution >= 4 is 5.69 Å². The van der Waals surface area contributed by atoms with Crippen molar-refractivity contribution in [1.29, 1.82) is 0 Å². The van der Waals surface area contributed by atoms with Gasteiger partial charge in [0, 0.05) is 32.7 Å². The molecule has 1 aromatic carbocycles. The maximum absolute atomic E-state index is 8.13. The molecule has 2 nitrogen and oxygen atoms in total. The van der Waals surface area contributed by atoms with Crippen LogP contribution in [0.4, 0.5) is 5.69 Å². The van der Waals surface area contributed by atoms with E-state index in [-0.39, 0.29) is 32.7 Å². The standard InChI is InChI=1S/C6H4N2.Y/c7-8-6-4-2-1-3-5-6;/h1-4H;/q-2;. The Bertz CT molecular complexity index is 174. The molecule has 0 saturated heterocycles.